The fourth-order valence-corrected chi connectivity index (χ4v) is 3.29. The predicted molar refractivity (Wildman–Crippen MR) is 94.3 cm³/mol. The maximum Gasteiger partial charge on any atom is 0.387 e. The third-order valence-electron chi connectivity index (χ3n) is 2.97. The number of carbonyl (C=O) groups excluding carboxylic acids is 1. The molecule has 8 heteroatoms. The van der Waals surface area contributed by atoms with E-state index in [-0.39, 0.29) is 17.4 Å². The topological polar surface area (TPSA) is 38.8 Å². The van der Waals surface area contributed by atoms with Crippen LogP contribution in [0.5, 0.6) is 11.5 Å². The maximum absolute atomic E-state index is 12.4. The van der Waals surface area contributed by atoms with Crippen molar-refractivity contribution in [3.63, 3.8) is 0 Å². The Morgan fingerprint density at radius 3 is 2.79 bits per heavy atom. The van der Waals surface area contributed by atoms with Crippen molar-refractivity contribution in [2.45, 2.75) is 13.5 Å². The maximum atomic E-state index is 12.4. The van der Waals surface area contributed by atoms with Crippen LogP contribution in [-0.4, -0.2) is 34.9 Å². The molecule has 0 N–H and O–H groups in total. The Kier molecular flexibility index (Phi) is 6.33. The minimum absolute atomic E-state index is 0.0526. The molecule has 0 spiro atoms. The highest BCUT2D eigenvalue weighted by molar-refractivity contribution is 8.26. The smallest absolute Gasteiger partial charge is 0.387 e. The van der Waals surface area contributed by atoms with Crippen molar-refractivity contribution in [2.24, 2.45) is 0 Å². The quantitative estimate of drug-likeness (QED) is 0.410. The molecule has 0 unspecified atom stereocenters. The van der Waals surface area contributed by atoms with Gasteiger partial charge in [0.25, 0.3) is 5.91 Å². The summed E-state index contributed by atoms with van der Waals surface area (Å²) in [6.45, 7) is 3.03. The van der Waals surface area contributed by atoms with Gasteiger partial charge in [0, 0.05) is 6.54 Å². The minimum atomic E-state index is -2.94. The molecule has 2 rings (SSSR count). The van der Waals surface area contributed by atoms with Gasteiger partial charge in [-0.3, -0.25) is 9.69 Å². The van der Waals surface area contributed by atoms with Crippen LogP contribution in [0.2, 0.25) is 0 Å². The van der Waals surface area contributed by atoms with Crippen LogP contribution in [-0.2, 0) is 4.79 Å². The molecular weight excluding hydrogens is 356 g/mol. The Bertz CT molecular complexity index is 692. The fourth-order valence-electron chi connectivity index (χ4n) is 2.01. The van der Waals surface area contributed by atoms with E-state index in [0.29, 0.717) is 27.9 Å². The van der Waals surface area contributed by atoms with Crippen LogP contribution in [0.15, 0.2) is 35.8 Å². The Morgan fingerprint density at radius 1 is 1.42 bits per heavy atom. The van der Waals surface area contributed by atoms with E-state index in [4.69, 9.17) is 17.0 Å². The van der Waals surface area contributed by atoms with Crippen LogP contribution in [0.4, 0.5) is 8.78 Å². The molecule has 0 aromatic heterocycles. The molecule has 1 heterocycles. The Morgan fingerprint density at radius 2 is 2.17 bits per heavy atom. The molecule has 1 fully saturated rings. The molecule has 128 valence electrons. The second kappa shape index (κ2) is 8.25. The number of benzene rings is 1. The molecular formula is C16H15F2NO3S2. The van der Waals surface area contributed by atoms with E-state index in [1.165, 1.54) is 22.7 Å². The van der Waals surface area contributed by atoms with Gasteiger partial charge in [-0.2, -0.15) is 8.78 Å². The lowest BCUT2D eigenvalue weighted by Crippen LogP contribution is -2.27. The van der Waals surface area contributed by atoms with Gasteiger partial charge in [-0.05, 0) is 30.7 Å². The molecule has 1 aromatic rings. The van der Waals surface area contributed by atoms with Gasteiger partial charge in [0.15, 0.2) is 11.5 Å². The third-order valence-corrected chi connectivity index (χ3v) is 4.34. The van der Waals surface area contributed by atoms with E-state index < -0.39 is 6.61 Å². The number of carbonyl (C=O) groups is 1. The molecule has 1 aliphatic rings. The first-order valence-corrected chi connectivity index (χ1v) is 8.26. The van der Waals surface area contributed by atoms with Crippen molar-refractivity contribution < 1.29 is 23.0 Å². The number of thioether (sulfide) groups is 1. The van der Waals surface area contributed by atoms with Gasteiger partial charge in [-0.15, -0.1) is 6.58 Å². The van der Waals surface area contributed by atoms with Crippen LogP contribution < -0.4 is 9.47 Å². The molecule has 0 radical (unpaired) electrons. The average Bonchev–Trinajstić information content (AvgIpc) is 2.78. The number of amides is 1. The first-order chi connectivity index (χ1) is 11.5. The van der Waals surface area contributed by atoms with Gasteiger partial charge in [-0.1, -0.05) is 36.1 Å². The highest BCUT2D eigenvalue weighted by Crippen LogP contribution is 2.35. The van der Waals surface area contributed by atoms with Gasteiger partial charge in [0.1, 0.15) is 4.32 Å². The average molecular weight is 371 g/mol. The summed E-state index contributed by atoms with van der Waals surface area (Å²) in [7, 11) is 0. The van der Waals surface area contributed by atoms with Crippen molar-refractivity contribution in [3.05, 3.63) is 41.3 Å². The number of hydrogen-bond acceptors (Lipinski definition) is 5. The summed E-state index contributed by atoms with van der Waals surface area (Å²) in [6.07, 6.45) is 3.23. The zero-order chi connectivity index (χ0) is 17.7. The number of hydrogen-bond donors (Lipinski definition) is 0. The monoisotopic (exact) mass is 371 g/mol. The molecule has 0 bridgehead atoms. The summed E-state index contributed by atoms with van der Waals surface area (Å²) in [5, 5.41) is 0. The van der Waals surface area contributed by atoms with Crippen LogP contribution >= 0.6 is 24.0 Å². The number of ether oxygens (including phenoxy) is 2. The van der Waals surface area contributed by atoms with Crippen molar-refractivity contribution >= 4 is 40.3 Å². The lowest BCUT2D eigenvalue weighted by molar-refractivity contribution is -0.121. The zero-order valence-corrected chi connectivity index (χ0v) is 14.5. The van der Waals surface area contributed by atoms with E-state index in [0.717, 1.165) is 0 Å². The Balaban J connectivity index is 2.29. The molecule has 24 heavy (non-hydrogen) atoms. The molecule has 0 atom stereocenters. The summed E-state index contributed by atoms with van der Waals surface area (Å²) in [6, 6.07) is 4.50. The van der Waals surface area contributed by atoms with Crippen LogP contribution in [0.25, 0.3) is 6.08 Å². The van der Waals surface area contributed by atoms with Gasteiger partial charge in [-0.25, -0.2) is 0 Å². The lowest BCUT2D eigenvalue weighted by Gasteiger charge is -2.12. The summed E-state index contributed by atoms with van der Waals surface area (Å²) >= 11 is 6.34. The second-order valence-electron chi connectivity index (χ2n) is 4.60. The number of nitrogens with zero attached hydrogens (tertiary/aromatic N) is 1. The van der Waals surface area contributed by atoms with Crippen LogP contribution in [0.1, 0.15) is 12.5 Å². The summed E-state index contributed by atoms with van der Waals surface area (Å²) in [4.78, 5) is 14.2. The number of thiocarbonyl (C=S) groups is 1. The lowest BCUT2D eigenvalue weighted by atomic mass is 10.2. The summed E-state index contributed by atoms with van der Waals surface area (Å²) < 4.78 is 35.0. The highest BCUT2D eigenvalue weighted by atomic mass is 32.2. The highest BCUT2D eigenvalue weighted by Gasteiger charge is 2.31. The Hall–Kier alpha value is -1.93. The molecule has 4 nitrogen and oxygen atoms in total. The van der Waals surface area contributed by atoms with Crippen molar-refractivity contribution in [1.29, 1.82) is 0 Å². The molecule has 0 aliphatic carbocycles. The molecule has 1 aliphatic heterocycles. The normalized spacial score (nSPS) is 16.2. The standard InChI is InChI=1S/C16H15F2NO3S2/c1-3-7-19-14(20)13(24-16(19)23)9-10-5-6-11(22-15(17)18)12(8-10)21-4-2/h3,5-6,8-9,15H,1,4,7H2,2H3/b13-9+. The fraction of sp³-hybridized carbons (Fsp3) is 0.250. The van der Waals surface area contributed by atoms with E-state index in [1.54, 1.807) is 31.2 Å². The second-order valence-corrected chi connectivity index (χ2v) is 6.27. The van der Waals surface area contributed by atoms with E-state index >= 15 is 0 Å². The number of halogens is 2. The summed E-state index contributed by atoms with van der Waals surface area (Å²) in [5.74, 6) is -0.0768. The molecule has 1 amide bonds. The van der Waals surface area contributed by atoms with E-state index in [1.807, 2.05) is 0 Å². The van der Waals surface area contributed by atoms with E-state index in [2.05, 4.69) is 11.3 Å². The van der Waals surface area contributed by atoms with Crippen molar-refractivity contribution in [3.8, 4) is 11.5 Å². The molecule has 1 aromatic carbocycles. The third kappa shape index (κ3) is 4.33. The van der Waals surface area contributed by atoms with E-state index in [9.17, 15) is 13.6 Å². The largest absolute Gasteiger partial charge is 0.490 e. The Labute approximate surface area is 148 Å². The predicted octanol–water partition coefficient (Wildman–Crippen LogP) is 4.07. The number of rotatable bonds is 7. The SMILES string of the molecule is C=CCN1C(=O)/C(=C\c2ccc(OC(F)F)c(OCC)c2)SC1=S. The van der Waals surface area contributed by atoms with Gasteiger partial charge in [0.2, 0.25) is 0 Å². The van der Waals surface area contributed by atoms with Gasteiger partial charge in [0.05, 0.1) is 11.5 Å². The van der Waals surface area contributed by atoms with Gasteiger partial charge < -0.3 is 9.47 Å². The first kappa shape index (κ1) is 18.4. The minimum Gasteiger partial charge on any atom is -0.490 e. The first-order valence-electron chi connectivity index (χ1n) is 7.04. The zero-order valence-electron chi connectivity index (χ0n) is 12.8. The molecule has 0 saturated carbocycles. The van der Waals surface area contributed by atoms with Gasteiger partial charge >= 0.3 is 6.61 Å². The molecule has 1 saturated heterocycles. The number of alkyl halides is 2. The van der Waals surface area contributed by atoms with Crippen LogP contribution in [0.3, 0.4) is 0 Å². The van der Waals surface area contributed by atoms with Crippen molar-refractivity contribution in [2.75, 3.05) is 13.2 Å². The van der Waals surface area contributed by atoms with Crippen LogP contribution in [0, 0.1) is 0 Å². The van der Waals surface area contributed by atoms with Crippen molar-refractivity contribution in [1.82, 2.24) is 4.90 Å². The summed E-state index contributed by atoms with van der Waals surface area (Å²) in [5.41, 5.74) is 0.624.